The van der Waals surface area contributed by atoms with Crippen LogP contribution in [0.25, 0.3) is 0 Å². The van der Waals surface area contributed by atoms with Crippen LogP contribution >= 0.6 is 0 Å². The number of aliphatic hydroxyl groups is 2. The van der Waals surface area contributed by atoms with Gasteiger partial charge in [0.25, 0.3) is 0 Å². The summed E-state index contributed by atoms with van der Waals surface area (Å²) in [6, 6.07) is 8.68. The summed E-state index contributed by atoms with van der Waals surface area (Å²) in [6.45, 7) is 5.56. The minimum absolute atomic E-state index is 0.184. The molecule has 0 aromatic heterocycles. The number of hydrogen-bond acceptors (Lipinski definition) is 4. The first-order valence-electron chi connectivity index (χ1n) is 7.18. The van der Waals surface area contributed by atoms with Crippen LogP contribution in [0.2, 0.25) is 0 Å². The van der Waals surface area contributed by atoms with Gasteiger partial charge in [0.2, 0.25) is 0 Å². The third-order valence-electron chi connectivity index (χ3n) is 3.45. The van der Waals surface area contributed by atoms with Crippen molar-refractivity contribution in [1.29, 1.82) is 0 Å². The Labute approximate surface area is 125 Å². The van der Waals surface area contributed by atoms with Crippen molar-refractivity contribution in [1.82, 2.24) is 4.90 Å². The van der Waals surface area contributed by atoms with Crippen molar-refractivity contribution >= 4 is 6.09 Å². The number of aliphatic hydroxyl groups excluding tert-OH is 2. The molecule has 0 saturated carbocycles. The summed E-state index contributed by atoms with van der Waals surface area (Å²) in [5.41, 5.74) is 0.123. The van der Waals surface area contributed by atoms with E-state index in [1.54, 1.807) is 20.8 Å². The van der Waals surface area contributed by atoms with E-state index in [-0.39, 0.29) is 6.54 Å². The number of carbonyl (C=O) groups excluding carboxylic acids is 1. The SMILES string of the molecule is CC(C)(C)OC(=O)N1C[C@H](O)C[C@H]1[C@H](O)c1ccccc1. The molecular weight excluding hydrogens is 270 g/mol. The van der Waals surface area contributed by atoms with Gasteiger partial charge in [0.05, 0.1) is 24.8 Å². The minimum Gasteiger partial charge on any atom is -0.444 e. The molecule has 0 aliphatic carbocycles. The largest absolute Gasteiger partial charge is 0.444 e. The maximum atomic E-state index is 12.2. The van der Waals surface area contributed by atoms with Crippen LogP contribution in [0.15, 0.2) is 30.3 Å². The lowest BCUT2D eigenvalue weighted by Crippen LogP contribution is -2.42. The Balaban J connectivity index is 2.15. The van der Waals surface area contributed by atoms with Crippen LogP contribution in [0.4, 0.5) is 4.79 Å². The molecule has 0 bridgehead atoms. The number of amides is 1. The zero-order valence-electron chi connectivity index (χ0n) is 12.7. The first kappa shape index (κ1) is 15.8. The molecule has 1 amide bonds. The van der Waals surface area contributed by atoms with Gasteiger partial charge in [-0.25, -0.2) is 4.79 Å². The second-order valence-electron chi connectivity index (χ2n) is 6.45. The average molecular weight is 293 g/mol. The van der Waals surface area contributed by atoms with Crippen molar-refractivity contribution in [2.75, 3.05) is 6.54 Å². The summed E-state index contributed by atoms with van der Waals surface area (Å²) in [4.78, 5) is 13.7. The van der Waals surface area contributed by atoms with Gasteiger partial charge in [0, 0.05) is 0 Å². The number of rotatable bonds is 2. The molecule has 1 aliphatic heterocycles. The summed E-state index contributed by atoms with van der Waals surface area (Å²) in [5, 5.41) is 20.3. The van der Waals surface area contributed by atoms with E-state index in [4.69, 9.17) is 4.74 Å². The zero-order valence-corrected chi connectivity index (χ0v) is 12.7. The summed E-state index contributed by atoms with van der Waals surface area (Å²) in [7, 11) is 0. The van der Waals surface area contributed by atoms with Gasteiger partial charge >= 0.3 is 6.09 Å². The van der Waals surface area contributed by atoms with Crippen molar-refractivity contribution in [3.63, 3.8) is 0 Å². The van der Waals surface area contributed by atoms with Gasteiger partial charge in [-0.15, -0.1) is 0 Å². The van der Waals surface area contributed by atoms with Gasteiger partial charge in [-0.3, -0.25) is 4.90 Å². The number of hydrogen-bond donors (Lipinski definition) is 2. The monoisotopic (exact) mass is 293 g/mol. The van der Waals surface area contributed by atoms with Crippen molar-refractivity contribution < 1.29 is 19.7 Å². The molecular formula is C16H23NO4. The van der Waals surface area contributed by atoms with Crippen LogP contribution in [-0.4, -0.2) is 45.5 Å². The van der Waals surface area contributed by atoms with E-state index in [9.17, 15) is 15.0 Å². The number of nitrogens with zero attached hydrogens (tertiary/aromatic N) is 1. The van der Waals surface area contributed by atoms with E-state index in [2.05, 4.69) is 0 Å². The number of benzene rings is 1. The van der Waals surface area contributed by atoms with Crippen LogP contribution in [0, 0.1) is 0 Å². The first-order valence-corrected chi connectivity index (χ1v) is 7.18. The fourth-order valence-corrected chi connectivity index (χ4v) is 2.55. The molecule has 1 fully saturated rings. The Morgan fingerprint density at radius 1 is 1.33 bits per heavy atom. The molecule has 1 aliphatic rings. The summed E-state index contributed by atoms with van der Waals surface area (Å²) >= 11 is 0. The smallest absolute Gasteiger partial charge is 0.410 e. The third kappa shape index (κ3) is 3.95. The van der Waals surface area contributed by atoms with E-state index < -0.39 is 29.9 Å². The Morgan fingerprint density at radius 2 is 1.95 bits per heavy atom. The van der Waals surface area contributed by atoms with Crippen molar-refractivity contribution in [2.45, 2.75) is 51.0 Å². The van der Waals surface area contributed by atoms with Gasteiger partial charge < -0.3 is 14.9 Å². The lowest BCUT2D eigenvalue weighted by atomic mass is 10.00. The standard InChI is InChI=1S/C16H23NO4/c1-16(2,3)21-15(20)17-10-12(18)9-13(17)14(19)11-7-5-4-6-8-11/h4-8,12-14,18-19H,9-10H2,1-3H3/t12-,13+,14-/m1/s1. The van der Waals surface area contributed by atoms with Crippen LogP contribution in [0.1, 0.15) is 38.9 Å². The molecule has 0 unspecified atom stereocenters. The second-order valence-corrected chi connectivity index (χ2v) is 6.45. The molecule has 1 heterocycles. The number of β-amino-alcohol motifs (C(OH)–C–C–N with tert-alkyl or cyclic N) is 1. The molecule has 2 N–H and O–H groups in total. The van der Waals surface area contributed by atoms with Crippen LogP contribution in [0.5, 0.6) is 0 Å². The Morgan fingerprint density at radius 3 is 2.52 bits per heavy atom. The van der Waals surface area contributed by atoms with Crippen LogP contribution in [-0.2, 0) is 4.74 Å². The number of likely N-dealkylation sites (tertiary alicyclic amines) is 1. The molecule has 5 nitrogen and oxygen atoms in total. The first-order chi connectivity index (χ1) is 9.78. The highest BCUT2D eigenvalue weighted by Gasteiger charge is 2.40. The molecule has 1 aromatic carbocycles. The van der Waals surface area contributed by atoms with Gasteiger partial charge in [0.1, 0.15) is 5.60 Å². The second kappa shape index (κ2) is 6.03. The third-order valence-corrected chi connectivity index (χ3v) is 3.45. The topological polar surface area (TPSA) is 70.0 Å². The normalized spacial score (nSPS) is 24.0. The molecule has 1 aromatic rings. The predicted molar refractivity (Wildman–Crippen MR) is 78.8 cm³/mol. The van der Waals surface area contributed by atoms with E-state index in [0.717, 1.165) is 5.56 Å². The van der Waals surface area contributed by atoms with Gasteiger partial charge in [0.15, 0.2) is 0 Å². The van der Waals surface area contributed by atoms with E-state index in [1.807, 2.05) is 30.3 Å². The van der Waals surface area contributed by atoms with Crippen molar-refractivity contribution in [2.24, 2.45) is 0 Å². The van der Waals surface area contributed by atoms with E-state index in [1.165, 1.54) is 4.90 Å². The Hall–Kier alpha value is -1.59. The highest BCUT2D eigenvalue weighted by molar-refractivity contribution is 5.69. The maximum Gasteiger partial charge on any atom is 0.410 e. The quantitative estimate of drug-likeness (QED) is 0.876. The molecule has 3 atom stereocenters. The van der Waals surface area contributed by atoms with Gasteiger partial charge in [-0.05, 0) is 32.8 Å². The van der Waals surface area contributed by atoms with Gasteiger partial charge in [-0.2, -0.15) is 0 Å². The average Bonchev–Trinajstić information content (AvgIpc) is 2.79. The lowest BCUT2D eigenvalue weighted by molar-refractivity contribution is 0.00439. The minimum atomic E-state index is -0.837. The van der Waals surface area contributed by atoms with Crippen LogP contribution in [0.3, 0.4) is 0 Å². The maximum absolute atomic E-state index is 12.2. The van der Waals surface area contributed by atoms with E-state index in [0.29, 0.717) is 6.42 Å². The van der Waals surface area contributed by atoms with Crippen LogP contribution < -0.4 is 0 Å². The molecule has 0 spiro atoms. The van der Waals surface area contributed by atoms with Crippen molar-refractivity contribution in [3.8, 4) is 0 Å². The van der Waals surface area contributed by atoms with E-state index >= 15 is 0 Å². The molecule has 5 heteroatoms. The highest BCUT2D eigenvalue weighted by Crippen LogP contribution is 2.30. The Bertz CT molecular complexity index is 483. The zero-order chi connectivity index (χ0) is 15.6. The van der Waals surface area contributed by atoms with Gasteiger partial charge in [-0.1, -0.05) is 30.3 Å². The number of ether oxygens (including phenoxy) is 1. The summed E-state index contributed by atoms with van der Waals surface area (Å²) in [6.07, 6.45) is -1.63. The summed E-state index contributed by atoms with van der Waals surface area (Å²) < 4.78 is 5.35. The number of carbonyl (C=O) groups is 1. The fraction of sp³-hybridized carbons (Fsp3) is 0.562. The van der Waals surface area contributed by atoms with Crippen molar-refractivity contribution in [3.05, 3.63) is 35.9 Å². The fourth-order valence-electron chi connectivity index (χ4n) is 2.55. The molecule has 0 radical (unpaired) electrons. The summed E-state index contributed by atoms with van der Waals surface area (Å²) in [5.74, 6) is 0. The predicted octanol–water partition coefficient (Wildman–Crippen LogP) is 2.09. The molecule has 2 rings (SSSR count). The molecule has 1 saturated heterocycles. The lowest BCUT2D eigenvalue weighted by Gasteiger charge is -2.30. The molecule has 21 heavy (non-hydrogen) atoms. The molecule has 116 valence electrons. The highest BCUT2D eigenvalue weighted by atomic mass is 16.6. The Kier molecular flexibility index (Phi) is 4.54.